The first-order valence-corrected chi connectivity index (χ1v) is 8.07. The van der Waals surface area contributed by atoms with Gasteiger partial charge in [-0.3, -0.25) is 4.98 Å². The predicted molar refractivity (Wildman–Crippen MR) is 76.0 cm³/mol. The highest BCUT2D eigenvalue weighted by Gasteiger charge is 2.15. The predicted octanol–water partition coefficient (Wildman–Crippen LogP) is 1.17. The second kappa shape index (κ2) is 6.86. The van der Waals surface area contributed by atoms with E-state index in [9.17, 15) is 8.42 Å². The second-order valence-corrected chi connectivity index (χ2v) is 7.61. The normalized spacial score (nSPS) is 13.5. The molecule has 0 aliphatic carbocycles. The number of ether oxygens (including phenoxy) is 1. The van der Waals surface area contributed by atoms with Gasteiger partial charge in [-0.2, -0.15) is 0 Å². The van der Waals surface area contributed by atoms with E-state index in [0.717, 1.165) is 5.69 Å². The van der Waals surface area contributed by atoms with Crippen molar-refractivity contribution in [1.82, 2.24) is 4.98 Å². The Bertz CT molecular complexity index is 481. The minimum Gasteiger partial charge on any atom is -0.491 e. The van der Waals surface area contributed by atoms with Gasteiger partial charge >= 0.3 is 0 Å². The van der Waals surface area contributed by atoms with E-state index in [2.05, 4.69) is 4.98 Å². The van der Waals surface area contributed by atoms with Crippen LogP contribution >= 0.6 is 0 Å². The Balaban J connectivity index is 2.47. The van der Waals surface area contributed by atoms with Crippen LogP contribution < -0.4 is 10.5 Å². The third kappa shape index (κ3) is 5.57. The van der Waals surface area contributed by atoms with Crippen molar-refractivity contribution in [2.24, 2.45) is 5.73 Å². The Hall–Kier alpha value is -1.14. The van der Waals surface area contributed by atoms with Crippen LogP contribution in [0.5, 0.6) is 5.75 Å². The molecule has 19 heavy (non-hydrogen) atoms. The quantitative estimate of drug-likeness (QED) is 0.813. The van der Waals surface area contributed by atoms with E-state index >= 15 is 0 Å². The summed E-state index contributed by atoms with van der Waals surface area (Å²) in [6.07, 6.45) is 2.31. The standard InChI is InChI=1S/C13H22N2O3S/c1-10(2)19(16,17)7-6-18-13-5-4-12(15-9-13)8-11(3)14/h4-5,9-11H,6-8,14H2,1-3H3. The highest BCUT2D eigenvalue weighted by atomic mass is 32.2. The van der Waals surface area contributed by atoms with Crippen molar-refractivity contribution in [1.29, 1.82) is 0 Å². The Morgan fingerprint density at radius 2 is 2.00 bits per heavy atom. The summed E-state index contributed by atoms with van der Waals surface area (Å²) in [5, 5.41) is -0.373. The molecule has 108 valence electrons. The molecular formula is C13H22N2O3S. The van der Waals surface area contributed by atoms with Crippen molar-refractivity contribution in [3.63, 3.8) is 0 Å². The number of rotatable bonds is 7. The first kappa shape index (κ1) is 15.9. The van der Waals surface area contributed by atoms with Gasteiger partial charge in [-0.1, -0.05) is 0 Å². The zero-order chi connectivity index (χ0) is 14.5. The van der Waals surface area contributed by atoms with Gasteiger partial charge in [-0.15, -0.1) is 0 Å². The lowest BCUT2D eigenvalue weighted by molar-refractivity contribution is 0.339. The van der Waals surface area contributed by atoms with Crippen LogP contribution in [0.4, 0.5) is 0 Å². The molecule has 5 nitrogen and oxygen atoms in total. The number of sulfone groups is 1. The van der Waals surface area contributed by atoms with E-state index < -0.39 is 9.84 Å². The molecule has 0 fully saturated rings. The molecule has 1 unspecified atom stereocenters. The maximum Gasteiger partial charge on any atom is 0.155 e. The Kier molecular flexibility index (Phi) is 5.75. The largest absolute Gasteiger partial charge is 0.491 e. The van der Waals surface area contributed by atoms with Crippen molar-refractivity contribution < 1.29 is 13.2 Å². The first-order chi connectivity index (χ1) is 8.81. The lowest BCUT2D eigenvalue weighted by Crippen LogP contribution is -2.22. The second-order valence-electron chi connectivity index (χ2n) is 4.93. The van der Waals surface area contributed by atoms with Gasteiger partial charge in [0.2, 0.25) is 0 Å². The van der Waals surface area contributed by atoms with E-state index in [0.29, 0.717) is 12.2 Å². The lowest BCUT2D eigenvalue weighted by Gasteiger charge is -2.10. The van der Waals surface area contributed by atoms with Crippen molar-refractivity contribution in [2.45, 2.75) is 38.5 Å². The maximum atomic E-state index is 11.6. The minimum absolute atomic E-state index is 0.0201. The van der Waals surface area contributed by atoms with E-state index in [-0.39, 0.29) is 23.7 Å². The average Bonchev–Trinajstić information content (AvgIpc) is 2.30. The highest BCUT2D eigenvalue weighted by Crippen LogP contribution is 2.10. The van der Waals surface area contributed by atoms with Gasteiger partial charge in [0.05, 0.1) is 17.2 Å². The summed E-state index contributed by atoms with van der Waals surface area (Å²) in [4.78, 5) is 4.21. The van der Waals surface area contributed by atoms with E-state index in [1.165, 1.54) is 0 Å². The molecule has 0 bridgehead atoms. The molecule has 0 aliphatic heterocycles. The molecule has 0 saturated carbocycles. The van der Waals surface area contributed by atoms with Crippen LogP contribution in [0.25, 0.3) is 0 Å². The average molecular weight is 286 g/mol. The summed E-state index contributed by atoms with van der Waals surface area (Å²) in [5.41, 5.74) is 6.58. The fraction of sp³-hybridized carbons (Fsp3) is 0.615. The Morgan fingerprint density at radius 3 is 2.47 bits per heavy atom. The third-order valence-corrected chi connectivity index (χ3v) is 4.86. The molecule has 0 aliphatic rings. The molecule has 0 aromatic carbocycles. The van der Waals surface area contributed by atoms with Gasteiger partial charge < -0.3 is 10.5 Å². The summed E-state index contributed by atoms with van der Waals surface area (Å²) in [6, 6.07) is 3.69. The van der Waals surface area contributed by atoms with Crippen LogP contribution in [0, 0.1) is 0 Å². The van der Waals surface area contributed by atoms with Gasteiger partial charge in [-0.05, 0) is 32.9 Å². The van der Waals surface area contributed by atoms with Crippen LogP contribution in [0.15, 0.2) is 18.3 Å². The number of pyridine rings is 1. The van der Waals surface area contributed by atoms with Crippen LogP contribution in [0.3, 0.4) is 0 Å². The molecular weight excluding hydrogens is 264 g/mol. The van der Waals surface area contributed by atoms with E-state index in [1.54, 1.807) is 26.1 Å². The monoisotopic (exact) mass is 286 g/mol. The summed E-state index contributed by atoms with van der Waals surface area (Å²) >= 11 is 0. The molecule has 0 radical (unpaired) electrons. The van der Waals surface area contributed by atoms with Crippen LogP contribution in [-0.4, -0.2) is 37.1 Å². The topological polar surface area (TPSA) is 82.3 Å². The molecule has 1 heterocycles. The molecule has 0 spiro atoms. The van der Waals surface area contributed by atoms with Crippen molar-refractivity contribution in [3.05, 3.63) is 24.0 Å². The van der Waals surface area contributed by atoms with Crippen molar-refractivity contribution in [2.75, 3.05) is 12.4 Å². The summed E-state index contributed by atoms with van der Waals surface area (Å²) in [6.45, 7) is 5.40. The Morgan fingerprint density at radius 1 is 1.32 bits per heavy atom. The third-order valence-electron chi connectivity index (χ3n) is 2.68. The summed E-state index contributed by atoms with van der Waals surface area (Å²) < 4.78 is 28.6. The fourth-order valence-electron chi connectivity index (χ4n) is 1.46. The van der Waals surface area contributed by atoms with E-state index in [4.69, 9.17) is 10.5 Å². The minimum atomic E-state index is -3.05. The number of aromatic nitrogens is 1. The van der Waals surface area contributed by atoms with Gasteiger partial charge in [0.15, 0.2) is 9.84 Å². The molecule has 0 saturated heterocycles. The fourth-order valence-corrected chi connectivity index (χ4v) is 2.25. The lowest BCUT2D eigenvalue weighted by atomic mass is 10.2. The van der Waals surface area contributed by atoms with Gasteiger partial charge in [0.1, 0.15) is 12.4 Å². The van der Waals surface area contributed by atoms with Crippen LogP contribution in [0.1, 0.15) is 26.5 Å². The maximum absolute atomic E-state index is 11.6. The molecule has 1 atom stereocenters. The Labute approximate surface area is 115 Å². The number of nitrogens with two attached hydrogens (primary N) is 1. The zero-order valence-electron chi connectivity index (χ0n) is 11.7. The van der Waals surface area contributed by atoms with Gasteiger partial charge in [0.25, 0.3) is 0 Å². The molecule has 1 aromatic heterocycles. The zero-order valence-corrected chi connectivity index (χ0v) is 12.5. The first-order valence-electron chi connectivity index (χ1n) is 6.36. The molecule has 1 aromatic rings. The molecule has 0 amide bonds. The van der Waals surface area contributed by atoms with E-state index in [1.807, 2.05) is 13.0 Å². The summed E-state index contributed by atoms with van der Waals surface area (Å²) in [5.74, 6) is 0.596. The van der Waals surface area contributed by atoms with Gasteiger partial charge in [0, 0.05) is 18.2 Å². The van der Waals surface area contributed by atoms with Crippen LogP contribution in [0.2, 0.25) is 0 Å². The van der Waals surface area contributed by atoms with Crippen LogP contribution in [-0.2, 0) is 16.3 Å². The molecule has 6 heteroatoms. The summed E-state index contributed by atoms with van der Waals surface area (Å²) in [7, 11) is -3.05. The molecule has 2 N–H and O–H groups in total. The highest BCUT2D eigenvalue weighted by molar-refractivity contribution is 7.91. The number of nitrogens with zero attached hydrogens (tertiary/aromatic N) is 1. The molecule has 1 rings (SSSR count). The van der Waals surface area contributed by atoms with Crippen molar-refractivity contribution in [3.8, 4) is 5.75 Å². The van der Waals surface area contributed by atoms with Crippen molar-refractivity contribution >= 4 is 9.84 Å². The van der Waals surface area contributed by atoms with Gasteiger partial charge in [-0.25, -0.2) is 8.42 Å². The number of hydrogen-bond acceptors (Lipinski definition) is 5. The SMILES string of the molecule is CC(N)Cc1ccc(OCCS(=O)(=O)C(C)C)cn1. The number of hydrogen-bond donors (Lipinski definition) is 1. The smallest absolute Gasteiger partial charge is 0.155 e.